The Kier molecular flexibility index (Phi) is 3.15. The molecule has 3 aromatic rings. The van der Waals surface area contributed by atoms with Gasteiger partial charge in [0.05, 0.1) is 24.5 Å². The van der Waals surface area contributed by atoms with Crippen LogP contribution >= 0.6 is 0 Å². The van der Waals surface area contributed by atoms with Crippen molar-refractivity contribution in [1.29, 1.82) is 0 Å². The molecule has 1 N–H and O–H groups in total. The minimum absolute atomic E-state index is 0.222. The van der Waals surface area contributed by atoms with Gasteiger partial charge in [-0.3, -0.25) is 0 Å². The molecule has 6 nitrogen and oxygen atoms in total. The third-order valence-electron chi connectivity index (χ3n) is 3.74. The number of pyridine rings is 1. The van der Waals surface area contributed by atoms with Crippen molar-refractivity contribution in [3.8, 4) is 22.8 Å². The van der Waals surface area contributed by atoms with Crippen molar-refractivity contribution in [2.75, 3.05) is 13.2 Å². The van der Waals surface area contributed by atoms with Gasteiger partial charge < -0.3 is 19.0 Å². The van der Waals surface area contributed by atoms with E-state index in [1.807, 2.05) is 18.2 Å². The average Bonchev–Trinajstić information content (AvgIpc) is 2.84. The predicted octanol–water partition coefficient (Wildman–Crippen LogP) is 2.86. The first kappa shape index (κ1) is 13.6. The molecule has 0 radical (unpaired) electrons. The summed E-state index contributed by atoms with van der Waals surface area (Å²) in [6.07, 6.45) is 4.22. The molecule has 0 amide bonds. The van der Waals surface area contributed by atoms with Crippen LogP contribution in [0.4, 0.5) is 0 Å². The number of carboxylic acid groups (broad SMARTS) is 1. The normalized spacial score (nSPS) is 13.7. The fourth-order valence-electron chi connectivity index (χ4n) is 2.58. The van der Waals surface area contributed by atoms with E-state index in [1.54, 1.807) is 28.9 Å². The van der Waals surface area contributed by atoms with Crippen LogP contribution < -0.4 is 9.47 Å². The van der Waals surface area contributed by atoms with Crippen molar-refractivity contribution in [2.45, 2.75) is 6.42 Å². The Balaban J connectivity index is 1.76. The molecular weight excluding hydrogens is 296 g/mol. The first-order valence-electron chi connectivity index (χ1n) is 7.33. The van der Waals surface area contributed by atoms with Crippen molar-refractivity contribution in [2.24, 2.45) is 0 Å². The van der Waals surface area contributed by atoms with Gasteiger partial charge in [-0.2, -0.15) is 0 Å². The maximum Gasteiger partial charge on any atom is 0.337 e. The number of benzene rings is 1. The third kappa shape index (κ3) is 2.48. The molecule has 4 rings (SSSR count). The van der Waals surface area contributed by atoms with Crippen LogP contribution in [0.15, 0.2) is 42.7 Å². The van der Waals surface area contributed by atoms with Crippen molar-refractivity contribution < 1.29 is 19.4 Å². The van der Waals surface area contributed by atoms with E-state index in [2.05, 4.69) is 4.98 Å². The number of hydrogen-bond acceptors (Lipinski definition) is 4. The smallest absolute Gasteiger partial charge is 0.337 e. The van der Waals surface area contributed by atoms with E-state index < -0.39 is 5.97 Å². The van der Waals surface area contributed by atoms with E-state index >= 15 is 0 Å². The summed E-state index contributed by atoms with van der Waals surface area (Å²) in [6.45, 7) is 1.28. The number of carboxylic acids is 1. The molecule has 2 aromatic heterocycles. The number of rotatable bonds is 2. The zero-order valence-corrected chi connectivity index (χ0v) is 12.2. The molecule has 0 unspecified atom stereocenters. The van der Waals surface area contributed by atoms with Gasteiger partial charge in [-0.05, 0) is 30.3 Å². The van der Waals surface area contributed by atoms with Crippen molar-refractivity contribution >= 4 is 11.6 Å². The van der Waals surface area contributed by atoms with E-state index in [1.165, 1.54) is 0 Å². The Morgan fingerprint density at radius 2 is 1.91 bits per heavy atom. The first-order valence-corrected chi connectivity index (χ1v) is 7.33. The number of hydrogen-bond donors (Lipinski definition) is 1. The summed E-state index contributed by atoms with van der Waals surface area (Å²) in [7, 11) is 0. The number of aromatic nitrogens is 2. The Hall–Kier alpha value is -3.02. The number of carbonyl (C=O) groups is 1. The zero-order valence-electron chi connectivity index (χ0n) is 12.2. The first-order chi connectivity index (χ1) is 11.2. The van der Waals surface area contributed by atoms with Crippen molar-refractivity contribution in [3.05, 3.63) is 48.3 Å². The second kappa shape index (κ2) is 5.31. The highest BCUT2D eigenvalue weighted by atomic mass is 16.5. The van der Waals surface area contributed by atoms with Crippen LogP contribution in [0.3, 0.4) is 0 Å². The van der Waals surface area contributed by atoms with Gasteiger partial charge in [-0.1, -0.05) is 0 Å². The van der Waals surface area contributed by atoms with Gasteiger partial charge in [-0.25, -0.2) is 9.78 Å². The van der Waals surface area contributed by atoms with Crippen LogP contribution in [0.2, 0.25) is 0 Å². The molecular formula is C17H14N2O4. The SMILES string of the molecule is O=C(O)c1ccc2nc(-c3ccc4c(c3)OCCCO4)cn2c1. The Morgan fingerprint density at radius 3 is 2.74 bits per heavy atom. The maximum absolute atomic E-state index is 11.1. The summed E-state index contributed by atoms with van der Waals surface area (Å²) in [4.78, 5) is 15.6. The molecule has 3 heterocycles. The van der Waals surface area contributed by atoms with Gasteiger partial charge in [0.15, 0.2) is 11.5 Å². The summed E-state index contributed by atoms with van der Waals surface area (Å²) >= 11 is 0. The van der Waals surface area contributed by atoms with Crippen LogP contribution in [-0.2, 0) is 0 Å². The summed E-state index contributed by atoms with van der Waals surface area (Å²) in [5, 5.41) is 9.06. The lowest BCUT2D eigenvalue weighted by atomic mass is 10.1. The molecule has 23 heavy (non-hydrogen) atoms. The van der Waals surface area contributed by atoms with Gasteiger partial charge in [0.2, 0.25) is 0 Å². The lowest BCUT2D eigenvalue weighted by Crippen LogP contribution is -1.97. The van der Waals surface area contributed by atoms with Gasteiger partial charge >= 0.3 is 5.97 Å². The molecule has 1 aliphatic heterocycles. The van der Waals surface area contributed by atoms with E-state index in [4.69, 9.17) is 14.6 Å². The maximum atomic E-state index is 11.1. The number of ether oxygens (including phenoxy) is 2. The number of fused-ring (bicyclic) bond motifs is 2. The van der Waals surface area contributed by atoms with E-state index in [0.717, 1.165) is 23.4 Å². The molecule has 0 bridgehead atoms. The Morgan fingerprint density at radius 1 is 1.09 bits per heavy atom. The molecule has 6 heteroatoms. The fraction of sp³-hybridized carbons (Fsp3) is 0.176. The molecule has 1 aliphatic rings. The summed E-state index contributed by atoms with van der Waals surface area (Å²) in [5.74, 6) is 0.490. The van der Waals surface area contributed by atoms with Gasteiger partial charge in [0.25, 0.3) is 0 Å². The number of imidazole rings is 1. The number of aromatic carboxylic acids is 1. The van der Waals surface area contributed by atoms with Crippen LogP contribution in [0, 0.1) is 0 Å². The summed E-state index contributed by atoms with van der Waals surface area (Å²) in [5.41, 5.74) is 2.57. The van der Waals surface area contributed by atoms with Crippen molar-refractivity contribution in [1.82, 2.24) is 9.38 Å². The molecule has 0 spiro atoms. The monoisotopic (exact) mass is 310 g/mol. The number of nitrogens with zero attached hydrogens (tertiary/aromatic N) is 2. The van der Waals surface area contributed by atoms with Gasteiger partial charge in [0.1, 0.15) is 5.65 Å². The predicted molar refractivity (Wildman–Crippen MR) is 83.2 cm³/mol. The molecule has 0 atom stereocenters. The fourth-order valence-corrected chi connectivity index (χ4v) is 2.58. The highest BCUT2D eigenvalue weighted by molar-refractivity contribution is 5.87. The zero-order chi connectivity index (χ0) is 15.8. The summed E-state index contributed by atoms with van der Waals surface area (Å²) < 4.78 is 13.0. The second-order valence-corrected chi connectivity index (χ2v) is 5.33. The lowest BCUT2D eigenvalue weighted by molar-refractivity contribution is 0.0696. The Labute approximate surface area is 131 Å². The van der Waals surface area contributed by atoms with E-state index in [-0.39, 0.29) is 5.56 Å². The van der Waals surface area contributed by atoms with Crippen LogP contribution in [0.1, 0.15) is 16.8 Å². The van der Waals surface area contributed by atoms with Crippen LogP contribution in [0.5, 0.6) is 11.5 Å². The van der Waals surface area contributed by atoms with Crippen LogP contribution in [0.25, 0.3) is 16.9 Å². The molecule has 0 saturated heterocycles. The van der Waals surface area contributed by atoms with E-state index in [9.17, 15) is 4.79 Å². The van der Waals surface area contributed by atoms with E-state index in [0.29, 0.717) is 24.6 Å². The largest absolute Gasteiger partial charge is 0.490 e. The second-order valence-electron chi connectivity index (χ2n) is 5.33. The lowest BCUT2D eigenvalue weighted by Gasteiger charge is -2.07. The molecule has 0 saturated carbocycles. The Bertz CT molecular complexity index is 901. The highest BCUT2D eigenvalue weighted by Gasteiger charge is 2.13. The topological polar surface area (TPSA) is 73.1 Å². The minimum atomic E-state index is -0.960. The highest BCUT2D eigenvalue weighted by Crippen LogP contribution is 2.34. The third-order valence-corrected chi connectivity index (χ3v) is 3.74. The summed E-state index contributed by atoms with van der Waals surface area (Å²) in [6, 6.07) is 8.94. The quantitative estimate of drug-likeness (QED) is 0.788. The minimum Gasteiger partial charge on any atom is -0.490 e. The van der Waals surface area contributed by atoms with Crippen LogP contribution in [-0.4, -0.2) is 33.7 Å². The molecule has 1 aromatic carbocycles. The van der Waals surface area contributed by atoms with Gasteiger partial charge in [-0.15, -0.1) is 0 Å². The van der Waals surface area contributed by atoms with Crippen molar-refractivity contribution in [3.63, 3.8) is 0 Å². The molecule has 116 valence electrons. The standard InChI is InChI=1S/C17H14N2O4/c20-17(21)12-3-5-16-18-13(10-19(16)9-12)11-2-4-14-15(8-11)23-7-1-6-22-14/h2-5,8-10H,1,6-7H2,(H,20,21). The molecule has 0 fully saturated rings. The molecule has 0 aliphatic carbocycles. The average molecular weight is 310 g/mol. The van der Waals surface area contributed by atoms with Gasteiger partial charge in [0, 0.05) is 24.4 Å².